The number of benzene rings is 1. The Morgan fingerprint density at radius 1 is 1.38 bits per heavy atom. The zero-order valence-electron chi connectivity index (χ0n) is 10.4. The van der Waals surface area contributed by atoms with Crippen molar-refractivity contribution in [3.63, 3.8) is 0 Å². The van der Waals surface area contributed by atoms with Crippen molar-refractivity contribution in [1.82, 2.24) is 19.9 Å². The number of hydrogen-bond acceptors (Lipinski definition) is 4. The normalized spacial score (nSPS) is 11.2. The topological polar surface area (TPSA) is 72.5 Å². The van der Waals surface area contributed by atoms with Gasteiger partial charge in [0.25, 0.3) is 0 Å². The van der Waals surface area contributed by atoms with Crippen LogP contribution in [0.25, 0.3) is 10.9 Å². The molecule has 0 aliphatic heterocycles. The number of H-pyrrole nitrogens is 1. The van der Waals surface area contributed by atoms with E-state index in [1.807, 2.05) is 0 Å². The lowest BCUT2D eigenvalue weighted by Crippen LogP contribution is -2.14. The van der Waals surface area contributed by atoms with Crippen molar-refractivity contribution in [2.24, 2.45) is 0 Å². The van der Waals surface area contributed by atoms with Crippen LogP contribution in [0.4, 0.5) is 8.78 Å². The molecular weight excluding hydrogens is 364 g/mol. The number of rotatable bonds is 2. The maximum atomic E-state index is 14.5. The Kier molecular flexibility index (Phi) is 3.46. The predicted octanol–water partition coefficient (Wildman–Crippen LogP) is 2.83. The third kappa shape index (κ3) is 2.42. The first kappa shape index (κ1) is 14.1. The van der Waals surface area contributed by atoms with Gasteiger partial charge in [-0.05, 0) is 34.2 Å². The number of aromatic amines is 1. The minimum Gasteiger partial charge on any atom is -0.335 e. The van der Waals surface area contributed by atoms with Gasteiger partial charge in [-0.2, -0.15) is 5.10 Å². The summed E-state index contributed by atoms with van der Waals surface area (Å²) in [5, 5.41) is 6.54. The molecule has 0 aliphatic rings. The minimum atomic E-state index is -0.705. The second kappa shape index (κ2) is 5.15. The van der Waals surface area contributed by atoms with E-state index in [-0.39, 0.29) is 33.5 Å². The first-order valence-corrected chi connectivity index (χ1v) is 7.01. The van der Waals surface area contributed by atoms with Gasteiger partial charge in [-0.25, -0.2) is 13.5 Å². The Bertz CT molecular complexity index is 905. The number of nitrogen functional groups attached to an aromatic ring is 1. The maximum Gasteiger partial charge on any atom is 0.214 e. The smallest absolute Gasteiger partial charge is 0.214 e. The van der Waals surface area contributed by atoms with Crippen LogP contribution in [0.5, 0.6) is 0 Å². The molecule has 5 nitrogen and oxygen atoms in total. The van der Waals surface area contributed by atoms with Crippen molar-refractivity contribution in [3.8, 4) is 0 Å². The molecule has 2 heterocycles. The molecule has 108 valence electrons. The first-order valence-electron chi connectivity index (χ1n) is 5.81. The predicted molar refractivity (Wildman–Crippen MR) is 79.7 cm³/mol. The van der Waals surface area contributed by atoms with E-state index in [0.29, 0.717) is 4.47 Å². The van der Waals surface area contributed by atoms with E-state index in [1.165, 1.54) is 12.3 Å². The Labute approximate surface area is 130 Å². The number of pyridine rings is 1. The molecular formula is C12H8BrF2N5S. The van der Waals surface area contributed by atoms with Crippen LogP contribution in [0.2, 0.25) is 0 Å². The van der Waals surface area contributed by atoms with E-state index in [4.69, 9.17) is 18.1 Å². The van der Waals surface area contributed by atoms with Gasteiger partial charge in [-0.1, -0.05) is 0 Å². The van der Waals surface area contributed by atoms with Gasteiger partial charge in [0.15, 0.2) is 5.82 Å². The van der Waals surface area contributed by atoms with E-state index in [2.05, 4.69) is 31.1 Å². The van der Waals surface area contributed by atoms with E-state index in [9.17, 15) is 8.78 Å². The van der Waals surface area contributed by atoms with Crippen molar-refractivity contribution in [2.45, 2.75) is 6.42 Å². The first-order chi connectivity index (χ1) is 9.97. The third-order valence-electron chi connectivity index (χ3n) is 3.05. The van der Waals surface area contributed by atoms with Gasteiger partial charge >= 0.3 is 0 Å². The quantitative estimate of drug-likeness (QED) is 0.536. The summed E-state index contributed by atoms with van der Waals surface area (Å²) in [6.07, 6.45) is 1.36. The van der Waals surface area contributed by atoms with Crippen LogP contribution < -0.4 is 5.84 Å². The lowest BCUT2D eigenvalue weighted by atomic mass is 10.1. The summed E-state index contributed by atoms with van der Waals surface area (Å²) in [6, 6.07) is 2.72. The number of aromatic nitrogens is 4. The molecule has 2 aromatic heterocycles. The summed E-state index contributed by atoms with van der Waals surface area (Å²) >= 11 is 8.08. The highest BCUT2D eigenvalue weighted by atomic mass is 79.9. The highest BCUT2D eigenvalue weighted by molar-refractivity contribution is 9.10. The van der Waals surface area contributed by atoms with Crippen LogP contribution in [0.3, 0.4) is 0 Å². The molecule has 3 aromatic rings. The molecule has 0 unspecified atom stereocenters. The van der Waals surface area contributed by atoms with Crippen LogP contribution in [0, 0.1) is 16.4 Å². The summed E-state index contributed by atoms with van der Waals surface area (Å²) in [5.41, 5.74) is 0.103. The van der Waals surface area contributed by atoms with Gasteiger partial charge < -0.3 is 5.84 Å². The fourth-order valence-corrected chi connectivity index (χ4v) is 2.48. The summed E-state index contributed by atoms with van der Waals surface area (Å²) < 4.78 is 30.5. The molecule has 0 radical (unpaired) electrons. The lowest BCUT2D eigenvalue weighted by molar-refractivity contribution is 0.566. The van der Waals surface area contributed by atoms with Crippen LogP contribution in [-0.2, 0) is 6.42 Å². The summed E-state index contributed by atoms with van der Waals surface area (Å²) in [7, 11) is 0. The number of nitrogens with zero attached hydrogens (tertiary/aromatic N) is 3. The zero-order chi connectivity index (χ0) is 15.1. The Hall–Kier alpha value is -1.87. The molecule has 1 aromatic carbocycles. The van der Waals surface area contributed by atoms with Crippen molar-refractivity contribution in [1.29, 1.82) is 0 Å². The van der Waals surface area contributed by atoms with E-state index >= 15 is 0 Å². The molecule has 0 amide bonds. The van der Waals surface area contributed by atoms with Crippen molar-refractivity contribution in [3.05, 3.63) is 50.6 Å². The number of nitrogens with one attached hydrogen (secondary N) is 1. The number of hydrogen-bond donors (Lipinski definition) is 2. The van der Waals surface area contributed by atoms with Crippen LogP contribution >= 0.6 is 28.1 Å². The van der Waals surface area contributed by atoms with Gasteiger partial charge in [0, 0.05) is 34.1 Å². The Morgan fingerprint density at radius 3 is 2.81 bits per heavy atom. The van der Waals surface area contributed by atoms with E-state index in [0.717, 1.165) is 4.68 Å². The van der Waals surface area contributed by atoms with Gasteiger partial charge in [-0.3, -0.25) is 10.1 Å². The Morgan fingerprint density at radius 2 is 2.14 bits per heavy atom. The zero-order valence-corrected chi connectivity index (χ0v) is 12.8. The average molecular weight is 372 g/mol. The summed E-state index contributed by atoms with van der Waals surface area (Å²) in [5.74, 6) is 4.49. The average Bonchev–Trinajstić information content (AvgIpc) is 2.76. The number of halogens is 3. The molecule has 0 bridgehead atoms. The highest BCUT2D eigenvalue weighted by Crippen LogP contribution is 2.26. The second-order valence-electron chi connectivity index (χ2n) is 4.36. The molecule has 0 atom stereocenters. The van der Waals surface area contributed by atoms with Crippen LogP contribution in [0.15, 0.2) is 22.8 Å². The van der Waals surface area contributed by atoms with Crippen LogP contribution in [-0.4, -0.2) is 19.9 Å². The van der Waals surface area contributed by atoms with Crippen LogP contribution in [0.1, 0.15) is 11.4 Å². The standard InChI is InChI=1S/C12H8BrF2N5S/c13-5-1-7-9(17-4-5)3-8(14)6(11(7)15)2-10-18-19-12(21)20(10)16/h1,3-4H,2,16H2,(H,19,21). The second-order valence-corrected chi connectivity index (χ2v) is 5.67. The fraction of sp³-hybridized carbons (Fsp3) is 0.0833. The van der Waals surface area contributed by atoms with E-state index in [1.54, 1.807) is 6.07 Å². The molecule has 21 heavy (non-hydrogen) atoms. The molecule has 3 N–H and O–H groups in total. The third-order valence-corrected chi connectivity index (χ3v) is 3.77. The van der Waals surface area contributed by atoms with Gasteiger partial charge in [-0.15, -0.1) is 0 Å². The van der Waals surface area contributed by atoms with Crippen molar-refractivity contribution in [2.75, 3.05) is 5.84 Å². The molecule has 0 fully saturated rings. The largest absolute Gasteiger partial charge is 0.335 e. The molecule has 9 heteroatoms. The summed E-state index contributed by atoms with van der Waals surface area (Å²) in [6.45, 7) is 0. The minimum absolute atomic E-state index is 0.121. The van der Waals surface area contributed by atoms with Gasteiger partial charge in [0.1, 0.15) is 11.6 Å². The molecule has 0 aliphatic carbocycles. The van der Waals surface area contributed by atoms with Crippen molar-refractivity contribution < 1.29 is 8.78 Å². The molecule has 0 spiro atoms. The number of nitrogens with two attached hydrogens (primary N) is 1. The fourth-order valence-electron chi connectivity index (χ4n) is 2.00. The SMILES string of the molecule is Nn1c(Cc2c(F)cc3ncc(Br)cc3c2F)n[nH]c1=S. The van der Waals surface area contributed by atoms with Crippen molar-refractivity contribution >= 4 is 39.1 Å². The lowest BCUT2D eigenvalue weighted by Gasteiger charge is -2.08. The monoisotopic (exact) mass is 371 g/mol. The molecule has 0 saturated carbocycles. The summed E-state index contributed by atoms with van der Waals surface area (Å²) in [4.78, 5) is 3.98. The maximum absolute atomic E-state index is 14.5. The Balaban J connectivity index is 2.18. The van der Waals surface area contributed by atoms with Gasteiger partial charge in [0.2, 0.25) is 4.77 Å². The highest BCUT2D eigenvalue weighted by Gasteiger charge is 2.17. The number of fused-ring (bicyclic) bond motifs is 1. The molecule has 0 saturated heterocycles. The van der Waals surface area contributed by atoms with E-state index < -0.39 is 11.6 Å². The molecule has 3 rings (SSSR count). The van der Waals surface area contributed by atoms with Gasteiger partial charge in [0.05, 0.1) is 5.52 Å².